The maximum atomic E-state index is 14.3. The number of furan rings is 1. The van der Waals surface area contributed by atoms with E-state index in [2.05, 4.69) is 10.6 Å². The van der Waals surface area contributed by atoms with Crippen LogP contribution in [0.15, 0.2) is 119 Å². The number of rotatable bonds is 9. The topological polar surface area (TPSA) is 104 Å². The molecular formula is C33H30N4O5. The molecule has 0 spiro atoms. The van der Waals surface area contributed by atoms with Crippen molar-refractivity contribution in [3.8, 4) is 11.5 Å². The van der Waals surface area contributed by atoms with Crippen molar-refractivity contribution in [1.82, 2.24) is 20.4 Å². The molecule has 9 heteroatoms. The molecule has 9 nitrogen and oxygen atoms in total. The second-order valence-electron chi connectivity index (χ2n) is 10.0. The van der Waals surface area contributed by atoms with Gasteiger partial charge in [-0.05, 0) is 54.4 Å². The second kappa shape index (κ2) is 11.7. The van der Waals surface area contributed by atoms with Crippen LogP contribution >= 0.6 is 0 Å². The molecule has 2 atom stereocenters. The molecule has 3 heterocycles. The number of hydrogen-bond donors (Lipinski definition) is 2. The quantitative estimate of drug-likeness (QED) is 0.288. The van der Waals surface area contributed by atoms with Gasteiger partial charge in [-0.15, -0.1) is 0 Å². The van der Waals surface area contributed by atoms with E-state index in [1.807, 2.05) is 91.9 Å². The Labute approximate surface area is 243 Å². The molecule has 0 fully saturated rings. The molecule has 2 unspecified atom stereocenters. The maximum absolute atomic E-state index is 14.3. The first-order valence-electron chi connectivity index (χ1n) is 13.8. The lowest BCUT2D eigenvalue weighted by Crippen LogP contribution is -2.47. The van der Waals surface area contributed by atoms with Crippen LogP contribution in [0.5, 0.6) is 11.5 Å². The molecule has 3 aromatic carbocycles. The van der Waals surface area contributed by atoms with Crippen LogP contribution in [-0.2, 0) is 16.1 Å². The standard InChI is InChI=1S/C33H30N4O5/c1-2-36-27-21-37(30(22-11-5-3-6-12-22)31(38)34-20-26-17-10-18-41-26)32(39)28(27)29(35-33(36)40)23-13-9-16-25(19-23)42-24-14-7-4-8-15-24/h3-19,29-30H,2,20-21H2,1H3,(H,34,38)(H,35,40). The first kappa shape index (κ1) is 26.9. The number of carbonyl (C=O) groups is 3. The average molecular weight is 563 g/mol. The van der Waals surface area contributed by atoms with Crippen molar-refractivity contribution in [3.63, 3.8) is 0 Å². The summed E-state index contributed by atoms with van der Waals surface area (Å²) in [7, 11) is 0. The van der Waals surface area contributed by atoms with Crippen LogP contribution in [0.25, 0.3) is 0 Å². The molecular weight excluding hydrogens is 532 g/mol. The fraction of sp³-hybridized carbons (Fsp3) is 0.182. The van der Waals surface area contributed by atoms with Gasteiger partial charge in [-0.1, -0.05) is 60.7 Å². The summed E-state index contributed by atoms with van der Waals surface area (Å²) < 4.78 is 11.4. The third-order valence-electron chi connectivity index (χ3n) is 7.43. The van der Waals surface area contributed by atoms with Crippen molar-refractivity contribution in [2.75, 3.05) is 13.1 Å². The second-order valence-corrected chi connectivity index (χ2v) is 10.0. The van der Waals surface area contributed by atoms with E-state index in [4.69, 9.17) is 9.15 Å². The molecule has 4 aromatic rings. The Balaban J connectivity index is 1.33. The number of carbonyl (C=O) groups excluding carboxylic acids is 3. The number of nitrogens with zero attached hydrogens (tertiary/aromatic N) is 2. The van der Waals surface area contributed by atoms with E-state index in [0.29, 0.717) is 46.2 Å². The van der Waals surface area contributed by atoms with Crippen molar-refractivity contribution in [2.24, 2.45) is 0 Å². The van der Waals surface area contributed by atoms with Gasteiger partial charge in [0.25, 0.3) is 5.91 Å². The number of amides is 4. The van der Waals surface area contributed by atoms with Gasteiger partial charge in [-0.2, -0.15) is 0 Å². The van der Waals surface area contributed by atoms with Crippen LogP contribution in [0.3, 0.4) is 0 Å². The van der Waals surface area contributed by atoms with Crippen LogP contribution in [0.2, 0.25) is 0 Å². The highest BCUT2D eigenvalue weighted by atomic mass is 16.5. The van der Waals surface area contributed by atoms with Gasteiger partial charge in [0.1, 0.15) is 23.3 Å². The van der Waals surface area contributed by atoms with Gasteiger partial charge in [-0.25, -0.2) is 4.79 Å². The van der Waals surface area contributed by atoms with Crippen molar-refractivity contribution < 1.29 is 23.5 Å². The molecule has 4 amide bonds. The number of hydrogen-bond acceptors (Lipinski definition) is 5. The summed E-state index contributed by atoms with van der Waals surface area (Å²) in [6.45, 7) is 2.52. The van der Waals surface area contributed by atoms with Gasteiger partial charge in [0, 0.05) is 6.54 Å². The maximum Gasteiger partial charge on any atom is 0.322 e. The molecule has 2 N–H and O–H groups in total. The number of para-hydroxylation sites is 1. The Hall–Kier alpha value is -5.31. The average Bonchev–Trinajstić information content (AvgIpc) is 3.65. The summed E-state index contributed by atoms with van der Waals surface area (Å²) in [4.78, 5) is 44.3. The lowest BCUT2D eigenvalue weighted by molar-refractivity contribution is -0.136. The van der Waals surface area contributed by atoms with E-state index in [-0.39, 0.29) is 30.9 Å². The summed E-state index contributed by atoms with van der Waals surface area (Å²) in [5, 5.41) is 5.92. The normalized spacial score (nSPS) is 17.1. The molecule has 6 rings (SSSR count). The molecule has 2 aliphatic rings. The van der Waals surface area contributed by atoms with Gasteiger partial charge in [0.2, 0.25) is 5.91 Å². The monoisotopic (exact) mass is 562 g/mol. The molecule has 212 valence electrons. The molecule has 0 aliphatic carbocycles. The van der Waals surface area contributed by atoms with Crippen molar-refractivity contribution in [2.45, 2.75) is 25.6 Å². The SMILES string of the molecule is CCN1C(=O)NC(c2cccc(Oc3ccccc3)c2)C2=C1CN(C(C(=O)NCc1ccco1)c1ccccc1)C2=O. The summed E-state index contributed by atoms with van der Waals surface area (Å²) in [5.74, 6) is 1.20. The summed E-state index contributed by atoms with van der Waals surface area (Å²) in [6, 6.07) is 27.5. The first-order chi connectivity index (χ1) is 20.5. The Morgan fingerprint density at radius 2 is 1.71 bits per heavy atom. The van der Waals surface area contributed by atoms with Gasteiger partial charge < -0.3 is 24.7 Å². The molecule has 0 radical (unpaired) electrons. The lowest BCUT2D eigenvalue weighted by atomic mass is 9.95. The minimum Gasteiger partial charge on any atom is -0.467 e. The van der Waals surface area contributed by atoms with Crippen LogP contribution in [0.1, 0.15) is 35.9 Å². The number of urea groups is 1. The molecule has 0 bridgehead atoms. The Morgan fingerprint density at radius 1 is 0.976 bits per heavy atom. The van der Waals surface area contributed by atoms with Crippen molar-refractivity contribution >= 4 is 17.8 Å². The third kappa shape index (κ3) is 5.24. The highest BCUT2D eigenvalue weighted by molar-refractivity contribution is 6.03. The fourth-order valence-electron chi connectivity index (χ4n) is 5.48. The third-order valence-corrected chi connectivity index (χ3v) is 7.43. The van der Waals surface area contributed by atoms with Crippen molar-refractivity contribution in [1.29, 1.82) is 0 Å². The van der Waals surface area contributed by atoms with E-state index in [1.54, 1.807) is 23.3 Å². The van der Waals surface area contributed by atoms with Gasteiger partial charge in [0.05, 0.1) is 36.7 Å². The Bertz CT molecular complexity index is 1620. The zero-order valence-electron chi connectivity index (χ0n) is 23.0. The minimum atomic E-state index is -0.915. The van der Waals surface area contributed by atoms with E-state index >= 15 is 0 Å². The molecule has 0 saturated carbocycles. The fourth-order valence-corrected chi connectivity index (χ4v) is 5.48. The van der Waals surface area contributed by atoms with E-state index in [9.17, 15) is 14.4 Å². The molecule has 42 heavy (non-hydrogen) atoms. The van der Waals surface area contributed by atoms with E-state index < -0.39 is 12.1 Å². The van der Waals surface area contributed by atoms with Crippen LogP contribution in [0.4, 0.5) is 4.79 Å². The number of likely N-dealkylation sites (N-methyl/N-ethyl adjacent to an activating group) is 1. The molecule has 0 saturated heterocycles. The van der Waals surface area contributed by atoms with Crippen LogP contribution in [-0.4, -0.2) is 40.7 Å². The highest BCUT2D eigenvalue weighted by Crippen LogP contribution is 2.40. The van der Waals surface area contributed by atoms with E-state index in [0.717, 1.165) is 0 Å². The van der Waals surface area contributed by atoms with Gasteiger partial charge >= 0.3 is 6.03 Å². The smallest absolute Gasteiger partial charge is 0.322 e. The Morgan fingerprint density at radius 3 is 2.43 bits per heavy atom. The lowest BCUT2D eigenvalue weighted by Gasteiger charge is -2.33. The Kier molecular flexibility index (Phi) is 7.47. The highest BCUT2D eigenvalue weighted by Gasteiger charge is 2.47. The zero-order chi connectivity index (χ0) is 29.1. The predicted octanol–water partition coefficient (Wildman–Crippen LogP) is 5.31. The molecule has 2 aliphatic heterocycles. The largest absolute Gasteiger partial charge is 0.467 e. The molecule has 1 aromatic heterocycles. The van der Waals surface area contributed by atoms with Gasteiger partial charge in [0.15, 0.2) is 0 Å². The van der Waals surface area contributed by atoms with Crippen molar-refractivity contribution in [3.05, 3.63) is 131 Å². The van der Waals surface area contributed by atoms with E-state index in [1.165, 1.54) is 4.90 Å². The van der Waals surface area contributed by atoms with Crippen LogP contribution < -0.4 is 15.4 Å². The number of ether oxygens (including phenoxy) is 1. The minimum absolute atomic E-state index is 0.111. The van der Waals surface area contributed by atoms with Crippen LogP contribution in [0, 0.1) is 0 Å². The zero-order valence-corrected chi connectivity index (χ0v) is 23.0. The predicted molar refractivity (Wildman–Crippen MR) is 155 cm³/mol. The summed E-state index contributed by atoms with van der Waals surface area (Å²) in [5.41, 5.74) is 2.40. The first-order valence-corrected chi connectivity index (χ1v) is 13.8. The number of benzene rings is 3. The summed E-state index contributed by atoms with van der Waals surface area (Å²) >= 11 is 0. The van der Waals surface area contributed by atoms with Gasteiger partial charge in [-0.3, -0.25) is 14.5 Å². The summed E-state index contributed by atoms with van der Waals surface area (Å²) in [6.07, 6.45) is 1.54. The number of nitrogens with one attached hydrogen (secondary N) is 2.